The molecule has 2 N–H and O–H groups in total. The molecule has 2 fully saturated rings. The molecule has 9 heteroatoms. The van der Waals surface area contributed by atoms with Crippen LogP contribution >= 0.6 is 11.8 Å². The van der Waals surface area contributed by atoms with Gasteiger partial charge in [0.1, 0.15) is 17.7 Å². The van der Waals surface area contributed by atoms with Gasteiger partial charge in [-0.25, -0.2) is 9.59 Å². The summed E-state index contributed by atoms with van der Waals surface area (Å²) >= 11 is 1.40. The Balaban J connectivity index is 1.76. The third-order valence-corrected chi connectivity index (χ3v) is 6.95. The van der Waals surface area contributed by atoms with Gasteiger partial charge in [0.2, 0.25) is 5.91 Å². The Morgan fingerprint density at radius 2 is 1.84 bits per heavy atom. The van der Waals surface area contributed by atoms with E-state index in [-0.39, 0.29) is 23.5 Å². The van der Waals surface area contributed by atoms with Crippen molar-refractivity contribution < 1.29 is 29.0 Å². The number of hydrogen-bond donors (Lipinski definition) is 2. The van der Waals surface area contributed by atoms with Gasteiger partial charge in [0.25, 0.3) is 0 Å². The van der Waals surface area contributed by atoms with Gasteiger partial charge in [0.15, 0.2) is 5.78 Å². The first-order valence-electron chi connectivity index (χ1n) is 10.1. The van der Waals surface area contributed by atoms with Crippen LogP contribution in [-0.4, -0.2) is 55.5 Å². The number of alkyl carbamates (subject to hydrolysis) is 1. The summed E-state index contributed by atoms with van der Waals surface area (Å²) in [5, 5.41) is 11.8. The minimum Gasteiger partial charge on any atom is -0.480 e. The minimum absolute atomic E-state index is 0.0925. The van der Waals surface area contributed by atoms with Crippen LogP contribution in [0.1, 0.15) is 52.6 Å². The highest BCUT2D eigenvalue weighted by atomic mass is 32.2. The topological polar surface area (TPSA) is 113 Å². The molecule has 2 amide bonds. The average molecular weight is 449 g/mol. The molecular formula is C22H28N2O6S. The van der Waals surface area contributed by atoms with E-state index in [4.69, 9.17) is 4.74 Å². The highest BCUT2D eigenvalue weighted by Crippen LogP contribution is 2.54. The van der Waals surface area contributed by atoms with Gasteiger partial charge in [-0.2, -0.15) is 0 Å². The number of carbonyl (C=O) groups is 4. The van der Waals surface area contributed by atoms with Gasteiger partial charge in [-0.1, -0.05) is 30.3 Å². The second kappa shape index (κ2) is 8.18. The Bertz CT molecular complexity index is 895. The summed E-state index contributed by atoms with van der Waals surface area (Å²) in [6.45, 7) is 8.76. The first-order valence-corrected chi connectivity index (χ1v) is 11.0. The van der Waals surface area contributed by atoms with E-state index < -0.39 is 40.4 Å². The lowest BCUT2D eigenvalue weighted by Crippen LogP contribution is -2.63. The maximum atomic E-state index is 13.2. The highest BCUT2D eigenvalue weighted by Gasteiger charge is 2.63. The monoisotopic (exact) mass is 448 g/mol. The van der Waals surface area contributed by atoms with Crippen LogP contribution < -0.4 is 5.32 Å². The van der Waals surface area contributed by atoms with E-state index in [1.165, 1.54) is 16.7 Å². The standard InChI is InChI=1S/C22H28N2O6S/c1-21(2,3)30-20(29)23-15(12-9-7-6-8-10-12)14(25)11-13-17(26)24-16(19(27)28)22(4,5)31-18(13)24/h6-10,13,15-16,18H,11H2,1-5H3,(H,23,29)(H,27,28)/t13-,15-,16+,18-/m1/s1. The van der Waals surface area contributed by atoms with Gasteiger partial charge in [-0.15, -0.1) is 11.8 Å². The van der Waals surface area contributed by atoms with Crippen LogP contribution in [-0.2, 0) is 19.1 Å². The smallest absolute Gasteiger partial charge is 0.408 e. The Labute approximate surface area is 185 Å². The van der Waals surface area contributed by atoms with E-state index in [0.717, 1.165) is 0 Å². The molecule has 31 heavy (non-hydrogen) atoms. The predicted octanol–water partition coefficient (Wildman–Crippen LogP) is 2.97. The van der Waals surface area contributed by atoms with Crippen LogP contribution in [0.5, 0.6) is 0 Å². The third kappa shape index (κ3) is 4.71. The summed E-state index contributed by atoms with van der Waals surface area (Å²) < 4.78 is 4.64. The van der Waals surface area contributed by atoms with Crippen molar-refractivity contribution in [1.29, 1.82) is 0 Å². The van der Waals surface area contributed by atoms with Crippen molar-refractivity contribution in [3.05, 3.63) is 35.9 Å². The first kappa shape index (κ1) is 23.1. The number of nitrogens with zero attached hydrogens (tertiary/aromatic N) is 1. The fourth-order valence-electron chi connectivity index (χ4n) is 4.03. The molecule has 0 spiro atoms. The number of carbonyl (C=O) groups excluding carboxylic acids is 3. The Morgan fingerprint density at radius 1 is 1.23 bits per heavy atom. The lowest BCUT2D eigenvalue weighted by Gasteiger charge is -2.43. The molecule has 2 aliphatic rings. The van der Waals surface area contributed by atoms with E-state index in [9.17, 15) is 24.3 Å². The third-order valence-electron chi connectivity index (χ3n) is 5.32. The number of fused-ring (bicyclic) bond motifs is 1. The van der Waals surface area contributed by atoms with Crippen LogP contribution in [0.25, 0.3) is 0 Å². The van der Waals surface area contributed by atoms with E-state index in [1.807, 2.05) is 0 Å². The molecule has 2 aliphatic heterocycles. The van der Waals surface area contributed by atoms with Crippen molar-refractivity contribution in [2.75, 3.05) is 0 Å². The number of carboxylic acids is 1. The lowest BCUT2D eigenvalue weighted by molar-refractivity contribution is -0.164. The highest BCUT2D eigenvalue weighted by molar-refractivity contribution is 8.01. The maximum absolute atomic E-state index is 13.2. The van der Waals surface area contributed by atoms with Gasteiger partial charge >= 0.3 is 12.1 Å². The molecule has 0 aliphatic carbocycles. The number of carboxylic acid groups (broad SMARTS) is 1. The maximum Gasteiger partial charge on any atom is 0.408 e. The van der Waals surface area contributed by atoms with Gasteiger partial charge in [-0.05, 0) is 40.2 Å². The number of amides is 2. The van der Waals surface area contributed by atoms with Crippen LogP contribution in [0, 0.1) is 5.92 Å². The first-order chi connectivity index (χ1) is 14.3. The number of aliphatic carboxylic acids is 1. The second-order valence-corrected chi connectivity index (χ2v) is 11.1. The number of rotatable bonds is 6. The number of nitrogens with one attached hydrogen (secondary N) is 1. The number of hydrogen-bond acceptors (Lipinski definition) is 6. The van der Waals surface area contributed by atoms with Gasteiger partial charge in [-0.3, -0.25) is 9.59 Å². The second-order valence-electron chi connectivity index (χ2n) is 9.37. The zero-order chi connectivity index (χ0) is 23.1. The molecule has 168 valence electrons. The molecule has 0 unspecified atom stereocenters. The van der Waals surface area contributed by atoms with Crippen LogP contribution in [0.15, 0.2) is 30.3 Å². The summed E-state index contributed by atoms with van der Waals surface area (Å²) in [6.07, 6.45) is -0.816. The number of benzene rings is 1. The van der Waals surface area contributed by atoms with Crippen molar-refractivity contribution in [1.82, 2.24) is 10.2 Å². The van der Waals surface area contributed by atoms with Crippen molar-refractivity contribution in [2.45, 2.75) is 68.8 Å². The molecule has 1 aromatic rings. The van der Waals surface area contributed by atoms with Crippen molar-refractivity contribution in [3.63, 3.8) is 0 Å². The number of Topliss-reactive ketones (excluding diaryl/α,β-unsaturated/α-hetero) is 1. The van der Waals surface area contributed by atoms with E-state index in [1.54, 1.807) is 65.0 Å². The molecular weight excluding hydrogens is 420 g/mol. The summed E-state index contributed by atoms with van der Waals surface area (Å²) in [5.74, 6) is -2.33. The van der Waals surface area contributed by atoms with Crippen LogP contribution in [0.4, 0.5) is 4.79 Å². The molecule has 3 rings (SSSR count). The molecule has 8 nitrogen and oxygen atoms in total. The number of ketones is 1. The Hall–Kier alpha value is -2.55. The van der Waals surface area contributed by atoms with Crippen LogP contribution in [0.2, 0.25) is 0 Å². The fourth-order valence-corrected chi connectivity index (χ4v) is 5.72. The number of ether oxygens (including phenoxy) is 1. The molecule has 2 saturated heterocycles. The van der Waals surface area contributed by atoms with E-state index >= 15 is 0 Å². The van der Waals surface area contributed by atoms with Gasteiger partial charge < -0.3 is 20.1 Å². The number of β-lactam (4-membered cyclic amide) rings is 1. The Morgan fingerprint density at radius 3 is 2.39 bits per heavy atom. The summed E-state index contributed by atoms with van der Waals surface area (Å²) in [5.41, 5.74) is -0.138. The molecule has 0 bridgehead atoms. The predicted molar refractivity (Wildman–Crippen MR) is 115 cm³/mol. The number of thioether (sulfide) groups is 1. The van der Waals surface area contributed by atoms with Crippen molar-refractivity contribution in [3.8, 4) is 0 Å². The molecule has 2 heterocycles. The molecule has 0 saturated carbocycles. The molecule has 0 radical (unpaired) electrons. The summed E-state index contributed by atoms with van der Waals surface area (Å²) in [7, 11) is 0. The summed E-state index contributed by atoms with van der Waals surface area (Å²) in [6, 6.07) is 6.88. The average Bonchev–Trinajstić information content (AvgIpc) is 2.91. The SMILES string of the molecule is CC(C)(C)OC(=O)N[C@@H](C(=O)C[C@@H]1C(=O)N2[C@@H]1SC(C)(C)[C@@H]2C(=O)O)c1ccccc1. The van der Waals surface area contributed by atoms with Crippen molar-refractivity contribution >= 4 is 35.5 Å². The normalized spacial score (nSPS) is 25.3. The van der Waals surface area contributed by atoms with Crippen LogP contribution in [0.3, 0.4) is 0 Å². The minimum atomic E-state index is -1.05. The van der Waals surface area contributed by atoms with Crippen molar-refractivity contribution in [2.24, 2.45) is 5.92 Å². The molecule has 0 aromatic heterocycles. The van der Waals surface area contributed by atoms with Gasteiger partial charge in [0, 0.05) is 11.2 Å². The molecule has 4 atom stereocenters. The lowest BCUT2D eigenvalue weighted by atomic mass is 9.86. The summed E-state index contributed by atoms with van der Waals surface area (Å²) in [4.78, 5) is 51.3. The zero-order valence-corrected chi connectivity index (χ0v) is 19.1. The molecule has 1 aromatic carbocycles. The zero-order valence-electron chi connectivity index (χ0n) is 18.2. The fraction of sp³-hybridized carbons (Fsp3) is 0.545. The quantitative estimate of drug-likeness (QED) is 0.643. The van der Waals surface area contributed by atoms with E-state index in [2.05, 4.69) is 5.32 Å². The largest absolute Gasteiger partial charge is 0.480 e. The Kier molecular flexibility index (Phi) is 6.10. The van der Waals surface area contributed by atoms with Gasteiger partial charge in [0.05, 0.1) is 11.3 Å². The van der Waals surface area contributed by atoms with E-state index in [0.29, 0.717) is 5.56 Å².